The Labute approximate surface area is 150 Å². The van der Waals surface area contributed by atoms with Crippen molar-refractivity contribution in [3.8, 4) is 11.1 Å². The fraction of sp³-hybridized carbons (Fsp3) is 0.444. The van der Waals surface area contributed by atoms with E-state index in [1.807, 2.05) is 4.90 Å². The predicted molar refractivity (Wildman–Crippen MR) is 103 cm³/mol. The Balaban J connectivity index is 2.28. The van der Waals surface area contributed by atoms with Gasteiger partial charge in [-0.05, 0) is 38.3 Å². The lowest BCUT2D eigenvalue weighted by molar-refractivity contribution is -0.120. The highest BCUT2D eigenvalue weighted by Crippen LogP contribution is 2.52. The highest BCUT2D eigenvalue weighted by Gasteiger charge is 2.42. The quantitative estimate of drug-likeness (QED) is 0.471. The van der Waals surface area contributed by atoms with Gasteiger partial charge in [-0.3, -0.25) is 4.79 Å². The van der Waals surface area contributed by atoms with E-state index in [0.717, 1.165) is 26.2 Å². The van der Waals surface area contributed by atoms with Crippen LogP contribution in [0.3, 0.4) is 0 Å². The summed E-state index contributed by atoms with van der Waals surface area (Å²) in [7, 11) is 3.35. The standard InChI is InChI=1S/C18H21NOS3/c1-10(2)8-14(20)19-13-9-11(3)6-7-12(13)15-16(18(19,4)5)22-23-17(15)21/h6-7,9-10H,8H2,1-5H3. The molecule has 122 valence electrons. The van der Waals surface area contributed by atoms with Gasteiger partial charge >= 0.3 is 0 Å². The molecule has 3 rings (SSSR count). The molecule has 0 aliphatic carbocycles. The molecule has 2 aromatic rings. The molecule has 0 atom stereocenters. The first-order valence-corrected chi connectivity index (χ1v) is 10.4. The minimum Gasteiger partial charge on any atom is -0.301 e. The van der Waals surface area contributed by atoms with E-state index in [1.165, 1.54) is 4.88 Å². The smallest absolute Gasteiger partial charge is 0.228 e. The monoisotopic (exact) mass is 363 g/mol. The lowest BCUT2D eigenvalue weighted by Crippen LogP contribution is -2.48. The molecule has 1 amide bonds. The van der Waals surface area contributed by atoms with Crippen molar-refractivity contribution in [3.63, 3.8) is 0 Å². The summed E-state index contributed by atoms with van der Waals surface area (Å²) in [4.78, 5) is 16.2. The van der Waals surface area contributed by atoms with Gasteiger partial charge in [0.05, 0.1) is 16.1 Å². The zero-order valence-corrected chi connectivity index (χ0v) is 16.5. The summed E-state index contributed by atoms with van der Waals surface area (Å²) in [6.45, 7) is 10.5. The van der Waals surface area contributed by atoms with Crippen molar-refractivity contribution < 1.29 is 4.79 Å². The molecule has 1 aliphatic heterocycles. The molecule has 0 radical (unpaired) electrons. The molecule has 0 spiro atoms. The molecule has 5 heteroatoms. The first kappa shape index (κ1) is 16.8. The summed E-state index contributed by atoms with van der Waals surface area (Å²) in [5, 5.41) is 0. The molecule has 1 aliphatic rings. The Kier molecular flexibility index (Phi) is 4.23. The van der Waals surface area contributed by atoms with E-state index in [2.05, 4.69) is 52.8 Å². The predicted octanol–water partition coefficient (Wildman–Crippen LogP) is 6.14. The lowest BCUT2D eigenvalue weighted by atomic mass is 9.86. The Morgan fingerprint density at radius 2 is 2.00 bits per heavy atom. The van der Waals surface area contributed by atoms with Crippen LogP contribution >= 0.6 is 32.9 Å². The van der Waals surface area contributed by atoms with Crippen LogP contribution in [-0.4, -0.2) is 5.91 Å². The summed E-state index contributed by atoms with van der Waals surface area (Å²) in [5.74, 6) is 0.528. The molecular weight excluding hydrogens is 342 g/mol. The Morgan fingerprint density at radius 3 is 2.65 bits per heavy atom. The van der Waals surface area contributed by atoms with E-state index in [0.29, 0.717) is 12.3 Å². The van der Waals surface area contributed by atoms with Crippen molar-refractivity contribution in [2.75, 3.05) is 4.90 Å². The van der Waals surface area contributed by atoms with Gasteiger partial charge < -0.3 is 4.90 Å². The fourth-order valence-electron chi connectivity index (χ4n) is 3.22. The molecule has 0 saturated carbocycles. The van der Waals surface area contributed by atoms with Crippen LogP contribution in [0.1, 0.15) is 44.6 Å². The summed E-state index contributed by atoms with van der Waals surface area (Å²) < 4.78 is 0.930. The van der Waals surface area contributed by atoms with E-state index in [9.17, 15) is 4.79 Å². The Morgan fingerprint density at radius 1 is 1.30 bits per heavy atom. The van der Waals surface area contributed by atoms with Gasteiger partial charge in [-0.1, -0.05) is 58.9 Å². The number of nitrogens with zero attached hydrogens (tertiary/aromatic N) is 1. The second-order valence-electron chi connectivity index (χ2n) is 7.06. The summed E-state index contributed by atoms with van der Waals surface area (Å²) >= 11 is 5.58. The number of carbonyl (C=O) groups excluding carboxylic acids is 1. The molecule has 0 fully saturated rings. The lowest BCUT2D eigenvalue weighted by Gasteiger charge is -2.43. The maximum absolute atomic E-state index is 13.0. The van der Waals surface area contributed by atoms with E-state index in [-0.39, 0.29) is 11.4 Å². The van der Waals surface area contributed by atoms with Gasteiger partial charge in [0.25, 0.3) is 0 Å². The van der Waals surface area contributed by atoms with Crippen LogP contribution in [0.4, 0.5) is 5.69 Å². The third kappa shape index (κ3) is 2.69. The van der Waals surface area contributed by atoms with Crippen LogP contribution in [0.25, 0.3) is 11.1 Å². The normalized spacial score (nSPS) is 15.5. The zero-order chi connectivity index (χ0) is 16.9. The molecule has 0 saturated heterocycles. The maximum Gasteiger partial charge on any atom is 0.228 e. The van der Waals surface area contributed by atoms with Crippen molar-refractivity contribution in [2.45, 2.75) is 46.6 Å². The van der Waals surface area contributed by atoms with Gasteiger partial charge in [-0.15, -0.1) is 0 Å². The van der Waals surface area contributed by atoms with Crippen LogP contribution in [0, 0.1) is 16.7 Å². The number of anilines is 1. The highest BCUT2D eigenvalue weighted by molar-refractivity contribution is 7.80. The van der Waals surface area contributed by atoms with Gasteiger partial charge in [0.1, 0.15) is 3.82 Å². The minimum atomic E-state index is -0.361. The molecule has 23 heavy (non-hydrogen) atoms. The zero-order valence-electron chi connectivity index (χ0n) is 14.1. The maximum atomic E-state index is 13.0. The largest absolute Gasteiger partial charge is 0.301 e. The average Bonchev–Trinajstić information content (AvgIpc) is 2.80. The molecule has 0 N–H and O–H groups in total. The molecule has 0 unspecified atom stereocenters. The van der Waals surface area contributed by atoms with Crippen LogP contribution in [0.5, 0.6) is 0 Å². The number of carbonyl (C=O) groups is 1. The molecular formula is C18H21NOS3. The van der Waals surface area contributed by atoms with Gasteiger partial charge in [0.2, 0.25) is 5.91 Å². The number of fused-ring (bicyclic) bond motifs is 3. The minimum absolute atomic E-state index is 0.187. The van der Waals surface area contributed by atoms with E-state index in [4.69, 9.17) is 12.2 Å². The van der Waals surface area contributed by atoms with E-state index >= 15 is 0 Å². The number of rotatable bonds is 2. The van der Waals surface area contributed by atoms with Gasteiger partial charge in [0, 0.05) is 17.5 Å². The van der Waals surface area contributed by atoms with E-state index in [1.54, 1.807) is 20.7 Å². The number of amides is 1. The summed E-state index contributed by atoms with van der Waals surface area (Å²) in [5.41, 5.74) is 4.06. The number of hydrogen-bond donors (Lipinski definition) is 0. The fourth-order valence-corrected chi connectivity index (χ4v) is 6.50. The second kappa shape index (κ2) is 5.80. The Bertz CT molecular complexity index is 829. The topological polar surface area (TPSA) is 20.3 Å². The third-order valence-electron chi connectivity index (χ3n) is 4.24. The average molecular weight is 364 g/mol. The van der Waals surface area contributed by atoms with Crippen LogP contribution < -0.4 is 4.90 Å². The molecule has 1 aromatic carbocycles. The number of hydrogen-bond acceptors (Lipinski definition) is 4. The van der Waals surface area contributed by atoms with Crippen molar-refractivity contribution in [2.24, 2.45) is 5.92 Å². The van der Waals surface area contributed by atoms with Crippen LogP contribution in [0.2, 0.25) is 0 Å². The molecule has 0 bridgehead atoms. The van der Waals surface area contributed by atoms with Crippen molar-refractivity contribution in [1.29, 1.82) is 0 Å². The van der Waals surface area contributed by atoms with Crippen molar-refractivity contribution >= 4 is 44.5 Å². The van der Waals surface area contributed by atoms with Gasteiger partial charge in [-0.25, -0.2) is 0 Å². The van der Waals surface area contributed by atoms with E-state index < -0.39 is 0 Å². The number of aryl methyl sites for hydroxylation is 1. The van der Waals surface area contributed by atoms with Gasteiger partial charge in [-0.2, -0.15) is 0 Å². The van der Waals surface area contributed by atoms with Gasteiger partial charge in [0.15, 0.2) is 0 Å². The SMILES string of the molecule is Cc1ccc2c(c1)N(C(=O)CC(C)C)C(C)(C)c1ssc(=S)c1-2. The second-order valence-corrected chi connectivity index (χ2v) is 9.88. The third-order valence-corrected chi connectivity index (χ3v) is 7.57. The highest BCUT2D eigenvalue weighted by atomic mass is 32.9. The first-order valence-electron chi connectivity index (χ1n) is 7.81. The summed E-state index contributed by atoms with van der Waals surface area (Å²) in [6.07, 6.45) is 0.557. The molecule has 2 nitrogen and oxygen atoms in total. The summed E-state index contributed by atoms with van der Waals surface area (Å²) in [6, 6.07) is 6.34. The number of benzene rings is 1. The Hall–Kier alpha value is -1.04. The van der Waals surface area contributed by atoms with Crippen LogP contribution in [0.15, 0.2) is 18.2 Å². The van der Waals surface area contributed by atoms with Crippen molar-refractivity contribution in [3.05, 3.63) is 32.5 Å². The molecule has 1 aromatic heterocycles. The molecule has 2 heterocycles. The first-order chi connectivity index (χ1) is 10.7. The van der Waals surface area contributed by atoms with Crippen LogP contribution in [-0.2, 0) is 10.3 Å². The van der Waals surface area contributed by atoms with Crippen molar-refractivity contribution in [1.82, 2.24) is 0 Å².